The van der Waals surface area contributed by atoms with Gasteiger partial charge < -0.3 is 10.8 Å². The molecule has 0 amide bonds. The van der Waals surface area contributed by atoms with Gasteiger partial charge in [-0.1, -0.05) is 6.92 Å². The Labute approximate surface area is 106 Å². The Hall–Kier alpha value is -0.0300. The van der Waals surface area contributed by atoms with Crippen LogP contribution in [0.15, 0.2) is 11.4 Å². The van der Waals surface area contributed by atoms with Gasteiger partial charge in [0.2, 0.25) is 0 Å². The Balaban J connectivity index is 2.68. The van der Waals surface area contributed by atoms with E-state index in [0.717, 1.165) is 18.6 Å². The molecule has 0 aromatic carbocycles. The van der Waals surface area contributed by atoms with Gasteiger partial charge in [-0.25, -0.2) is 0 Å². The molecule has 0 saturated carbocycles. The van der Waals surface area contributed by atoms with Crippen LogP contribution in [0.2, 0.25) is 0 Å². The van der Waals surface area contributed by atoms with Crippen LogP contribution in [0.3, 0.4) is 0 Å². The van der Waals surface area contributed by atoms with Crippen molar-refractivity contribution < 1.29 is 5.11 Å². The van der Waals surface area contributed by atoms with Crippen LogP contribution in [0, 0.1) is 6.92 Å². The monoisotopic (exact) mass is 259 g/mol. The Morgan fingerprint density at radius 3 is 2.81 bits per heavy atom. The summed E-state index contributed by atoms with van der Waals surface area (Å²) in [6, 6.07) is 2.36. The number of aliphatic hydroxyl groups is 1. The van der Waals surface area contributed by atoms with Crippen molar-refractivity contribution in [3.8, 4) is 0 Å². The highest BCUT2D eigenvalue weighted by Crippen LogP contribution is 2.37. The zero-order chi connectivity index (χ0) is 12.0. The Morgan fingerprint density at radius 2 is 2.31 bits per heavy atom. The fourth-order valence-electron chi connectivity index (χ4n) is 1.56. The summed E-state index contributed by atoms with van der Waals surface area (Å²) in [5.41, 5.74) is 7.53. The summed E-state index contributed by atoms with van der Waals surface area (Å²) in [7, 11) is 0. The SMILES string of the molecule is CCC(N)C(SCCCO)c1sccc1C. The molecule has 0 fully saturated rings. The number of aliphatic hydroxyl groups excluding tert-OH is 1. The average molecular weight is 259 g/mol. The highest BCUT2D eigenvalue weighted by atomic mass is 32.2. The number of thiophene rings is 1. The van der Waals surface area contributed by atoms with Crippen LogP contribution in [0.4, 0.5) is 0 Å². The van der Waals surface area contributed by atoms with Crippen LogP contribution in [0.25, 0.3) is 0 Å². The van der Waals surface area contributed by atoms with Crippen molar-refractivity contribution in [3.05, 3.63) is 21.9 Å². The van der Waals surface area contributed by atoms with E-state index in [9.17, 15) is 0 Å². The molecule has 3 N–H and O–H groups in total. The predicted octanol–water partition coefficient (Wildman–Crippen LogP) is 2.95. The highest BCUT2D eigenvalue weighted by molar-refractivity contribution is 7.99. The number of aryl methyl sites for hydroxylation is 1. The second kappa shape index (κ2) is 7.33. The third kappa shape index (κ3) is 3.77. The molecule has 1 rings (SSSR count). The Morgan fingerprint density at radius 1 is 1.56 bits per heavy atom. The van der Waals surface area contributed by atoms with E-state index in [4.69, 9.17) is 10.8 Å². The van der Waals surface area contributed by atoms with Crippen molar-refractivity contribution in [3.63, 3.8) is 0 Å². The molecule has 0 radical (unpaired) electrons. The molecule has 1 aromatic heterocycles. The van der Waals surface area contributed by atoms with Gasteiger partial charge in [-0.15, -0.1) is 11.3 Å². The van der Waals surface area contributed by atoms with E-state index in [1.807, 2.05) is 11.8 Å². The zero-order valence-electron chi connectivity index (χ0n) is 9.98. The number of hydrogen-bond donors (Lipinski definition) is 2. The van der Waals surface area contributed by atoms with E-state index in [-0.39, 0.29) is 12.6 Å². The van der Waals surface area contributed by atoms with E-state index in [2.05, 4.69) is 25.3 Å². The van der Waals surface area contributed by atoms with Crippen molar-refractivity contribution in [2.75, 3.05) is 12.4 Å². The van der Waals surface area contributed by atoms with Crippen molar-refractivity contribution in [2.24, 2.45) is 5.73 Å². The lowest BCUT2D eigenvalue weighted by Gasteiger charge is -2.22. The van der Waals surface area contributed by atoms with E-state index < -0.39 is 0 Å². The largest absolute Gasteiger partial charge is 0.396 e. The maximum Gasteiger partial charge on any atom is 0.0544 e. The summed E-state index contributed by atoms with van der Waals surface area (Å²) in [5, 5.41) is 11.3. The fourth-order valence-corrected chi connectivity index (χ4v) is 4.24. The molecule has 0 aliphatic heterocycles. The predicted molar refractivity (Wildman–Crippen MR) is 74.2 cm³/mol. The van der Waals surface area contributed by atoms with Crippen LogP contribution >= 0.6 is 23.1 Å². The van der Waals surface area contributed by atoms with Crippen LogP contribution in [0.1, 0.15) is 35.5 Å². The van der Waals surface area contributed by atoms with Crippen molar-refractivity contribution in [2.45, 2.75) is 38.0 Å². The van der Waals surface area contributed by atoms with E-state index >= 15 is 0 Å². The first-order chi connectivity index (χ1) is 7.70. The maximum atomic E-state index is 8.82. The first kappa shape index (κ1) is 14.0. The van der Waals surface area contributed by atoms with Crippen molar-refractivity contribution >= 4 is 23.1 Å². The second-order valence-corrected chi connectivity index (χ2v) is 6.11. The van der Waals surface area contributed by atoms with Gasteiger partial charge in [0.25, 0.3) is 0 Å². The quantitative estimate of drug-likeness (QED) is 0.740. The van der Waals surface area contributed by atoms with Gasteiger partial charge >= 0.3 is 0 Å². The lowest BCUT2D eigenvalue weighted by atomic mass is 10.1. The minimum atomic E-state index is 0.209. The molecule has 92 valence electrons. The summed E-state index contributed by atoms with van der Waals surface area (Å²) in [6.07, 6.45) is 1.84. The third-order valence-electron chi connectivity index (χ3n) is 2.62. The van der Waals surface area contributed by atoms with E-state index in [1.54, 1.807) is 11.3 Å². The lowest BCUT2D eigenvalue weighted by molar-refractivity contribution is 0.296. The molecule has 2 atom stereocenters. The third-order valence-corrected chi connectivity index (χ3v) is 5.34. The smallest absolute Gasteiger partial charge is 0.0544 e. The molecule has 0 bridgehead atoms. The fraction of sp³-hybridized carbons (Fsp3) is 0.667. The first-order valence-corrected chi connectivity index (χ1v) is 7.65. The molecule has 0 aliphatic carbocycles. The summed E-state index contributed by atoms with van der Waals surface area (Å²) in [5.74, 6) is 0.978. The molecular formula is C12H21NOS2. The number of rotatable bonds is 7. The standard InChI is InChI=1S/C12H21NOS2/c1-3-10(13)12(15-7-4-6-14)11-9(2)5-8-16-11/h5,8,10,12,14H,3-4,6-7,13H2,1-2H3. The Kier molecular flexibility index (Phi) is 6.43. The normalized spacial score (nSPS) is 15.0. The van der Waals surface area contributed by atoms with Crippen LogP contribution in [0.5, 0.6) is 0 Å². The molecule has 0 spiro atoms. The number of hydrogen-bond acceptors (Lipinski definition) is 4. The molecule has 16 heavy (non-hydrogen) atoms. The molecule has 0 aliphatic rings. The van der Waals surface area contributed by atoms with Gasteiger partial charge in [0.05, 0.1) is 5.25 Å². The van der Waals surface area contributed by atoms with Gasteiger partial charge in [-0.2, -0.15) is 11.8 Å². The van der Waals surface area contributed by atoms with Gasteiger partial charge in [-0.05, 0) is 42.5 Å². The molecule has 2 unspecified atom stereocenters. The highest BCUT2D eigenvalue weighted by Gasteiger charge is 2.21. The minimum Gasteiger partial charge on any atom is -0.396 e. The number of nitrogens with two attached hydrogens (primary N) is 1. The van der Waals surface area contributed by atoms with E-state index in [0.29, 0.717) is 5.25 Å². The summed E-state index contributed by atoms with van der Waals surface area (Å²) < 4.78 is 0. The second-order valence-electron chi connectivity index (χ2n) is 3.91. The minimum absolute atomic E-state index is 0.209. The molecule has 1 aromatic rings. The molecule has 1 heterocycles. The lowest BCUT2D eigenvalue weighted by Crippen LogP contribution is -2.25. The van der Waals surface area contributed by atoms with Gasteiger partial charge in [0.1, 0.15) is 0 Å². The van der Waals surface area contributed by atoms with Gasteiger partial charge in [0, 0.05) is 17.5 Å². The first-order valence-electron chi connectivity index (χ1n) is 5.72. The van der Waals surface area contributed by atoms with Crippen LogP contribution in [-0.4, -0.2) is 23.5 Å². The van der Waals surface area contributed by atoms with Crippen LogP contribution in [-0.2, 0) is 0 Å². The summed E-state index contributed by atoms with van der Waals surface area (Å²) in [4.78, 5) is 1.40. The number of thioether (sulfide) groups is 1. The van der Waals surface area contributed by atoms with Gasteiger partial charge in [0.15, 0.2) is 0 Å². The maximum absolute atomic E-state index is 8.82. The van der Waals surface area contributed by atoms with Crippen molar-refractivity contribution in [1.29, 1.82) is 0 Å². The molecule has 0 saturated heterocycles. The van der Waals surface area contributed by atoms with Gasteiger partial charge in [-0.3, -0.25) is 0 Å². The average Bonchev–Trinajstić information content (AvgIpc) is 2.70. The van der Waals surface area contributed by atoms with E-state index in [1.165, 1.54) is 10.4 Å². The summed E-state index contributed by atoms with van der Waals surface area (Å²) in [6.45, 7) is 4.55. The Bertz CT molecular complexity index is 301. The zero-order valence-corrected chi connectivity index (χ0v) is 11.6. The molecule has 2 nitrogen and oxygen atoms in total. The van der Waals surface area contributed by atoms with Crippen LogP contribution < -0.4 is 5.73 Å². The molecular weight excluding hydrogens is 238 g/mol. The van der Waals surface area contributed by atoms with Crippen molar-refractivity contribution in [1.82, 2.24) is 0 Å². The topological polar surface area (TPSA) is 46.2 Å². The summed E-state index contributed by atoms with van der Waals surface area (Å²) >= 11 is 3.67. The molecule has 4 heteroatoms.